The van der Waals surface area contributed by atoms with Crippen LogP contribution in [0.15, 0.2) is 0 Å². The summed E-state index contributed by atoms with van der Waals surface area (Å²) < 4.78 is 14.2. The van der Waals surface area contributed by atoms with Crippen LogP contribution in [0.4, 0.5) is 0 Å². The number of rotatable bonds is 19. The Balaban J connectivity index is 0.00000381. The van der Waals surface area contributed by atoms with Crippen LogP contribution < -0.4 is 34.0 Å². The number of fused-ring (bicyclic) bond motifs is 6. The van der Waals surface area contributed by atoms with Crippen LogP contribution >= 0.6 is 0 Å². The van der Waals surface area contributed by atoms with Crippen LogP contribution in [0.2, 0.25) is 0 Å². The summed E-state index contributed by atoms with van der Waals surface area (Å²) >= 11 is 0. The third-order valence-corrected chi connectivity index (χ3v) is 22.8. The maximum atomic E-state index is 14.0. The first kappa shape index (κ1) is 56.5. The van der Waals surface area contributed by atoms with Gasteiger partial charge in [-0.3, -0.25) is 19.2 Å². The molecule has 0 unspecified atom stereocenters. The van der Waals surface area contributed by atoms with Crippen molar-refractivity contribution in [3.05, 3.63) is 0 Å². The van der Waals surface area contributed by atoms with E-state index in [0.717, 1.165) is 138 Å². The zero-order valence-electron chi connectivity index (χ0n) is 45.0. The number of ketones is 2. The molecule has 8 aliphatic carbocycles. The number of Topliss-reactive ketones (excluding diaryl/α,β-unsaturated/α-hetero) is 2. The molecule has 0 aromatic carbocycles. The first-order chi connectivity index (χ1) is 30.9. The summed E-state index contributed by atoms with van der Waals surface area (Å²) in [5, 5.41) is 0. The quantitative estimate of drug-likeness (QED) is 0.0885. The second-order valence-corrected chi connectivity index (χ2v) is 28.2. The van der Waals surface area contributed by atoms with Gasteiger partial charge < -0.3 is 52.4 Å². The van der Waals surface area contributed by atoms with Crippen LogP contribution in [0.5, 0.6) is 0 Å². The molecule has 8 rings (SSSR count). The highest BCUT2D eigenvalue weighted by Gasteiger charge is 2.70. The Hall–Kier alpha value is -0.840. The predicted octanol–water partition coefficient (Wildman–Crippen LogP) is 6.10. The number of halogens is 2. The topological polar surface area (TPSA) is 86.7 Å². The molecule has 8 aliphatic rings. The van der Waals surface area contributed by atoms with Gasteiger partial charge in [0.25, 0.3) is 0 Å². The molecule has 390 valence electrons. The third kappa shape index (κ3) is 10.2. The molecular formula is C58H98Br2N2O6. The lowest BCUT2D eigenvalue weighted by Gasteiger charge is -2.63. The van der Waals surface area contributed by atoms with E-state index in [4.69, 9.17) is 9.47 Å². The third-order valence-electron chi connectivity index (χ3n) is 22.8. The molecule has 68 heavy (non-hydrogen) atoms. The van der Waals surface area contributed by atoms with Crippen molar-refractivity contribution in [2.75, 3.05) is 67.6 Å². The van der Waals surface area contributed by atoms with Crippen molar-refractivity contribution in [3.63, 3.8) is 0 Å². The van der Waals surface area contributed by atoms with Crippen molar-refractivity contribution in [3.8, 4) is 0 Å². The number of quaternary nitrogens is 2. The van der Waals surface area contributed by atoms with E-state index in [1.165, 1.54) is 64.2 Å². The highest BCUT2D eigenvalue weighted by molar-refractivity contribution is 5.89. The van der Waals surface area contributed by atoms with Gasteiger partial charge in [-0.25, -0.2) is 0 Å². The van der Waals surface area contributed by atoms with E-state index < -0.39 is 10.8 Å². The monoisotopic (exact) mass is 1080 g/mol. The van der Waals surface area contributed by atoms with Gasteiger partial charge in [0, 0.05) is 23.7 Å². The van der Waals surface area contributed by atoms with Gasteiger partial charge in [0.1, 0.15) is 37.9 Å². The van der Waals surface area contributed by atoms with Gasteiger partial charge in [-0.1, -0.05) is 66.2 Å². The fourth-order valence-electron chi connectivity index (χ4n) is 19.0. The molecule has 8 nitrogen and oxygen atoms in total. The molecule has 0 aromatic heterocycles. The molecule has 4 bridgehead atoms. The second-order valence-electron chi connectivity index (χ2n) is 28.2. The number of unbranched alkanes of at least 4 members (excludes halogenated alkanes) is 7. The number of nitrogens with zero attached hydrogens (tertiary/aromatic N) is 2. The number of carbonyl (C=O) groups is 4. The first-order valence-electron chi connectivity index (χ1n) is 28.0. The Morgan fingerprint density at radius 2 is 0.809 bits per heavy atom. The predicted molar refractivity (Wildman–Crippen MR) is 263 cm³/mol. The molecule has 2 spiro atoms. The zero-order valence-corrected chi connectivity index (χ0v) is 48.2. The van der Waals surface area contributed by atoms with E-state index >= 15 is 0 Å². The van der Waals surface area contributed by atoms with Crippen LogP contribution in [0, 0.1) is 67.0 Å². The Morgan fingerprint density at radius 3 is 1.18 bits per heavy atom. The summed E-state index contributed by atoms with van der Waals surface area (Å²) in [5.41, 5.74) is -0.439. The van der Waals surface area contributed by atoms with Crippen molar-refractivity contribution in [2.24, 2.45) is 67.0 Å². The number of likely N-dealkylation sites (N-methyl/N-ethyl adjacent to an activating group) is 2. The van der Waals surface area contributed by atoms with E-state index in [2.05, 4.69) is 69.7 Å². The Bertz CT molecular complexity index is 1730. The minimum Gasteiger partial charge on any atom is -1.00 e. The van der Waals surface area contributed by atoms with Gasteiger partial charge >= 0.3 is 11.9 Å². The van der Waals surface area contributed by atoms with E-state index in [-0.39, 0.29) is 78.4 Å². The van der Waals surface area contributed by atoms with E-state index in [9.17, 15) is 19.2 Å². The van der Waals surface area contributed by atoms with Gasteiger partial charge in [0.15, 0.2) is 0 Å². The van der Waals surface area contributed by atoms with Gasteiger partial charge in [0.2, 0.25) is 0 Å². The zero-order chi connectivity index (χ0) is 47.7. The Labute approximate surface area is 435 Å². The molecule has 0 aromatic rings. The van der Waals surface area contributed by atoms with Gasteiger partial charge in [-0.05, 0) is 175 Å². The van der Waals surface area contributed by atoms with Crippen LogP contribution in [-0.4, -0.2) is 100 Å². The maximum absolute atomic E-state index is 14.0. The number of carbonyl (C=O) groups excluding carboxylic acids is 4. The second kappa shape index (κ2) is 20.5. The summed E-state index contributed by atoms with van der Waals surface area (Å²) in [4.78, 5) is 54.3. The van der Waals surface area contributed by atoms with Gasteiger partial charge in [-0.15, -0.1) is 0 Å². The fourth-order valence-corrected chi connectivity index (χ4v) is 19.0. The van der Waals surface area contributed by atoms with Crippen LogP contribution in [-0.2, 0) is 28.7 Å². The van der Waals surface area contributed by atoms with Crippen LogP contribution in [0.25, 0.3) is 0 Å². The number of esters is 2. The number of hydrogen-bond donors (Lipinski definition) is 0. The summed E-state index contributed by atoms with van der Waals surface area (Å²) in [6, 6.07) is 0. The smallest absolute Gasteiger partial charge is 0.312 e. The molecule has 0 amide bonds. The Morgan fingerprint density at radius 1 is 0.471 bits per heavy atom. The molecular weight excluding hydrogens is 980 g/mol. The van der Waals surface area contributed by atoms with Crippen molar-refractivity contribution in [2.45, 2.75) is 208 Å². The van der Waals surface area contributed by atoms with Gasteiger partial charge in [0.05, 0.1) is 52.1 Å². The molecule has 0 heterocycles. The molecule has 8 fully saturated rings. The van der Waals surface area contributed by atoms with Crippen molar-refractivity contribution in [1.82, 2.24) is 0 Å². The average Bonchev–Trinajstić information content (AvgIpc) is 3.54. The molecule has 0 aliphatic heterocycles. The lowest BCUT2D eigenvalue weighted by Crippen LogP contribution is -3.00. The largest absolute Gasteiger partial charge is 1.00 e. The summed E-state index contributed by atoms with van der Waals surface area (Å²) in [6.07, 6.45) is 29.0. The number of ether oxygens (including phenoxy) is 2. The van der Waals surface area contributed by atoms with E-state index in [1.54, 1.807) is 0 Å². The average molecular weight is 1080 g/mol. The van der Waals surface area contributed by atoms with Crippen LogP contribution in [0.3, 0.4) is 0 Å². The van der Waals surface area contributed by atoms with E-state index in [0.29, 0.717) is 48.5 Å². The van der Waals surface area contributed by atoms with Gasteiger partial charge in [-0.2, -0.15) is 0 Å². The SMILES string of the molecule is C[C@@]12CC[C@@H]3[C@@](CC[C@H]4[C@@]3(C)CCC[C@@]4(C)C(=O)OCC[N+](C)(C)CCCCCCCCCC[N+](C)(C)CCOC(=O)[C@]3(C)CCC[C@@]4(C)[C@@H]5CC[C@@]6(C)C[C@]5(CC[C@@H]43)CC6=O)(CC1=O)C2.[Br-].[Br-]. The minimum atomic E-state index is -0.420. The molecule has 12 atom stereocenters. The molecule has 0 saturated heterocycles. The summed E-state index contributed by atoms with van der Waals surface area (Å²) in [6.45, 7) is 18.8. The number of hydrogen-bond acceptors (Lipinski definition) is 6. The molecule has 10 heteroatoms. The van der Waals surface area contributed by atoms with Crippen molar-refractivity contribution >= 4 is 23.5 Å². The standard InChI is InChI=1S/C58H98N2O6.2BrH/c1-51-29-21-45-53(3)25-19-27-55(5,43(53)23-31-57(45,41-51)39-47(51)61)49(63)65-37-35-59(7,8)33-17-15-13-11-12-14-16-18-34-60(9,10)36-38-66-50(64)56(6)28-20-26-54(4)44(56)24-32-58-40-48(62)52(2,42-58)30-22-46(54)58;;/h43-46H,11-42H2,1-10H3;2*1H/q+2;;/p-2/t43-,44-,45-,46-,51-,52-,53+,54+,55+,56+,57-,58-;;/m0../s1. The molecule has 8 saturated carbocycles. The first-order valence-corrected chi connectivity index (χ1v) is 28.0. The highest BCUT2D eigenvalue weighted by Crippen LogP contribution is 2.74. The van der Waals surface area contributed by atoms with Crippen LogP contribution in [0.1, 0.15) is 208 Å². The maximum Gasteiger partial charge on any atom is 0.312 e. The molecule has 0 radical (unpaired) electrons. The lowest BCUT2D eigenvalue weighted by molar-refractivity contribution is -0.890. The highest BCUT2D eigenvalue weighted by atomic mass is 79.9. The Kier molecular flexibility index (Phi) is 17.0. The minimum absolute atomic E-state index is 0. The van der Waals surface area contributed by atoms with Crippen molar-refractivity contribution < 1.29 is 71.6 Å². The molecule has 0 N–H and O–H groups in total. The van der Waals surface area contributed by atoms with E-state index in [1.807, 2.05) is 0 Å². The van der Waals surface area contributed by atoms with Crippen molar-refractivity contribution in [1.29, 1.82) is 0 Å². The lowest BCUT2D eigenvalue weighted by atomic mass is 9.40. The summed E-state index contributed by atoms with van der Waals surface area (Å²) in [5.74, 6) is 2.92. The summed E-state index contributed by atoms with van der Waals surface area (Å²) in [7, 11) is 9.16. The normalized spacial score (nSPS) is 41.6. The fraction of sp³-hybridized carbons (Fsp3) is 0.931.